The lowest BCUT2D eigenvalue weighted by molar-refractivity contribution is -0.124. The molecule has 0 aromatic carbocycles. The first kappa shape index (κ1) is 14.2. The molecule has 0 aliphatic carbocycles. The van der Waals surface area contributed by atoms with E-state index >= 15 is 0 Å². The molecule has 0 spiro atoms. The van der Waals surface area contributed by atoms with Crippen LogP contribution >= 0.6 is 0 Å². The van der Waals surface area contributed by atoms with E-state index in [2.05, 4.69) is 0 Å². The smallest absolute Gasteiger partial charge is 0.137 e. The predicted molar refractivity (Wildman–Crippen MR) is 52.0 cm³/mol. The van der Waals surface area contributed by atoms with E-state index in [4.69, 9.17) is 5.11 Å². The topological polar surface area (TPSA) is 37.3 Å². The largest absolute Gasteiger partial charge is 0.394 e. The van der Waals surface area contributed by atoms with Gasteiger partial charge < -0.3 is 5.11 Å². The van der Waals surface area contributed by atoms with Gasteiger partial charge in [0.1, 0.15) is 5.78 Å². The zero-order chi connectivity index (χ0) is 10.3. The summed E-state index contributed by atoms with van der Waals surface area (Å²) in [6.45, 7) is 11.2. The van der Waals surface area contributed by atoms with Crippen molar-refractivity contribution < 1.29 is 9.90 Å². The Morgan fingerprint density at radius 1 is 0.917 bits per heavy atom. The van der Waals surface area contributed by atoms with Crippen molar-refractivity contribution in [3.63, 3.8) is 0 Å². The second-order valence-electron chi connectivity index (χ2n) is 3.81. The third kappa shape index (κ3) is 12.3. The Kier molecular flexibility index (Phi) is 8.61. The summed E-state index contributed by atoms with van der Waals surface area (Å²) in [7, 11) is 0. The monoisotopic (exact) mass is 174 g/mol. The van der Waals surface area contributed by atoms with Crippen molar-refractivity contribution >= 4 is 5.78 Å². The van der Waals surface area contributed by atoms with Crippen LogP contribution in [0.2, 0.25) is 0 Å². The number of rotatable bonds is 2. The number of carbonyl (C=O) groups excluding carboxylic acids is 1. The maximum atomic E-state index is 10.8. The summed E-state index contributed by atoms with van der Waals surface area (Å²) >= 11 is 0. The molecule has 0 unspecified atom stereocenters. The van der Waals surface area contributed by atoms with Crippen molar-refractivity contribution in [3.05, 3.63) is 0 Å². The minimum absolute atomic E-state index is 0.167. The molecule has 0 aromatic heterocycles. The van der Waals surface area contributed by atoms with Crippen molar-refractivity contribution in [2.24, 2.45) is 11.8 Å². The molecule has 2 heteroatoms. The van der Waals surface area contributed by atoms with Crippen LogP contribution < -0.4 is 0 Å². The van der Waals surface area contributed by atoms with E-state index in [0.29, 0.717) is 5.78 Å². The molecule has 0 aliphatic heterocycles. The van der Waals surface area contributed by atoms with Gasteiger partial charge in [-0.25, -0.2) is 0 Å². The van der Waals surface area contributed by atoms with Gasteiger partial charge in [-0.2, -0.15) is 0 Å². The molecular weight excluding hydrogens is 152 g/mol. The van der Waals surface area contributed by atoms with Gasteiger partial charge in [-0.1, -0.05) is 27.7 Å². The van der Waals surface area contributed by atoms with Crippen LogP contribution in [0.5, 0.6) is 0 Å². The number of hydrogen-bond donors (Lipinski definition) is 1. The molecule has 1 N–H and O–H groups in total. The number of Topliss-reactive ketones (excluding diaryl/α,β-unsaturated/α-hetero) is 1. The zero-order valence-corrected chi connectivity index (χ0v) is 9.09. The van der Waals surface area contributed by atoms with Gasteiger partial charge in [-0.15, -0.1) is 0 Å². The molecule has 12 heavy (non-hydrogen) atoms. The molecule has 0 rings (SSSR count). The summed E-state index contributed by atoms with van der Waals surface area (Å²) in [5.74, 6) is 0.759. The Labute approximate surface area is 76.0 Å². The van der Waals surface area contributed by atoms with E-state index in [1.807, 2.05) is 27.7 Å². The van der Waals surface area contributed by atoms with E-state index in [9.17, 15) is 4.79 Å². The average Bonchev–Trinajstić information content (AvgIpc) is 1.84. The van der Waals surface area contributed by atoms with Crippen LogP contribution in [0.4, 0.5) is 0 Å². The van der Waals surface area contributed by atoms with Gasteiger partial charge in [0, 0.05) is 17.9 Å². The highest BCUT2D eigenvalue weighted by atomic mass is 16.3. The molecule has 0 aliphatic rings. The van der Waals surface area contributed by atoms with E-state index in [0.717, 1.165) is 0 Å². The van der Waals surface area contributed by atoms with E-state index in [1.54, 1.807) is 13.8 Å². The Hall–Kier alpha value is -0.370. The second kappa shape index (κ2) is 7.29. The fourth-order valence-electron chi connectivity index (χ4n) is 0.667. The van der Waals surface area contributed by atoms with Crippen molar-refractivity contribution in [1.29, 1.82) is 0 Å². The number of hydrogen-bond acceptors (Lipinski definition) is 2. The Morgan fingerprint density at radius 2 is 1.08 bits per heavy atom. The summed E-state index contributed by atoms with van der Waals surface area (Å²) in [5, 5.41) is 8.06. The minimum Gasteiger partial charge on any atom is -0.394 e. The van der Waals surface area contributed by atoms with Gasteiger partial charge in [0.15, 0.2) is 0 Å². The molecule has 0 amide bonds. The van der Waals surface area contributed by atoms with Crippen molar-refractivity contribution in [2.75, 3.05) is 0 Å². The number of ketones is 1. The van der Waals surface area contributed by atoms with Gasteiger partial charge in [-0.3, -0.25) is 4.79 Å². The average molecular weight is 174 g/mol. The van der Waals surface area contributed by atoms with Crippen molar-refractivity contribution in [2.45, 2.75) is 47.6 Å². The highest BCUT2D eigenvalue weighted by molar-refractivity contribution is 5.81. The molecule has 0 saturated carbocycles. The molecule has 0 fully saturated rings. The van der Waals surface area contributed by atoms with Crippen molar-refractivity contribution in [1.82, 2.24) is 0 Å². The molecule has 0 saturated heterocycles. The molecular formula is C10H22O2. The zero-order valence-electron chi connectivity index (χ0n) is 9.09. The normalized spacial score (nSPS) is 10.2. The van der Waals surface area contributed by atoms with Crippen LogP contribution in [0.3, 0.4) is 0 Å². The summed E-state index contributed by atoms with van der Waals surface area (Å²) in [5.41, 5.74) is 0. The highest BCUT2D eigenvalue weighted by Gasteiger charge is 2.09. The first-order valence-corrected chi connectivity index (χ1v) is 4.50. The van der Waals surface area contributed by atoms with Crippen LogP contribution in [0.25, 0.3) is 0 Å². The van der Waals surface area contributed by atoms with E-state index in [-0.39, 0.29) is 17.9 Å². The molecule has 0 radical (unpaired) electrons. The van der Waals surface area contributed by atoms with Crippen LogP contribution in [0, 0.1) is 11.8 Å². The molecule has 0 heterocycles. The number of carbonyl (C=O) groups is 1. The lowest BCUT2D eigenvalue weighted by Gasteiger charge is -2.05. The minimum atomic E-state index is -0.167. The summed E-state index contributed by atoms with van der Waals surface area (Å²) in [6, 6.07) is 0. The number of aliphatic hydroxyl groups is 1. The molecule has 0 bridgehead atoms. The highest BCUT2D eigenvalue weighted by Crippen LogP contribution is 2.03. The number of aliphatic hydroxyl groups excluding tert-OH is 1. The lowest BCUT2D eigenvalue weighted by atomic mass is 9.99. The standard InChI is InChI=1S/C7H14O.C3H8O/c1-5(2)7(8)6(3)4;1-3(2)4/h5-6H,1-4H3;3-4H,1-2H3. The Balaban J connectivity index is 0. The summed E-state index contributed by atoms with van der Waals surface area (Å²) < 4.78 is 0. The van der Waals surface area contributed by atoms with Crippen LogP contribution in [-0.4, -0.2) is 17.0 Å². The SMILES string of the molecule is CC(C)C(=O)C(C)C.CC(C)O. The molecule has 0 atom stereocenters. The van der Waals surface area contributed by atoms with Gasteiger partial charge in [0.25, 0.3) is 0 Å². The lowest BCUT2D eigenvalue weighted by Crippen LogP contribution is -2.13. The van der Waals surface area contributed by atoms with Gasteiger partial charge in [0.2, 0.25) is 0 Å². The third-order valence-corrected chi connectivity index (χ3v) is 1.14. The van der Waals surface area contributed by atoms with E-state index in [1.165, 1.54) is 0 Å². The molecule has 2 nitrogen and oxygen atoms in total. The quantitative estimate of drug-likeness (QED) is 0.697. The third-order valence-electron chi connectivity index (χ3n) is 1.14. The van der Waals surface area contributed by atoms with Gasteiger partial charge in [-0.05, 0) is 13.8 Å². The van der Waals surface area contributed by atoms with Crippen LogP contribution in [0.1, 0.15) is 41.5 Å². The van der Waals surface area contributed by atoms with E-state index < -0.39 is 0 Å². The first-order valence-electron chi connectivity index (χ1n) is 4.50. The van der Waals surface area contributed by atoms with Gasteiger partial charge >= 0.3 is 0 Å². The Bertz CT molecular complexity index is 102. The van der Waals surface area contributed by atoms with Crippen LogP contribution in [0.15, 0.2) is 0 Å². The first-order chi connectivity index (χ1) is 5.29. The fourth-order valence-corrected chi connectivity index (χ4v) is 0.667. The van der Waals surface area contributed by atoms with Crippen molar-refractivity contribution in [3.8, 4) is 0 Å². The summed E-state index contributed by atoms with van der Waals surface area (Å²) in [4.78, 5) is 10.8. The molecule has 74 valence electrons. The van der Waals surface area contributed by atoms with Gasteiger partial charge in [0.05, 0.1) is 0 Å². The van der Waals surface area contributed by atoms with Crippen LogP contribution in [-0.2, 0) is 4.79 Å². The predicted octanol–water partition coefficient (Wildman–Crippen LogP) is 2.25. The maximum absolute atomic E-state index is 10.8. The Morgan fingerprint density at radius 3 is 1.08 bits per heavy atom. The summed E-state index contributed by atoms with van der Waals surface area (Å²) in [6.07, 6.45) is -0.167. The fraction of sp³-hybridized carbons (Fsp3) is 0.900. The maximum Gasteiger partial charge on any atom is 0.137 e. The second-order valence-corrected chi connectivity index (χ2v) is 3.81. The molecule has 0 aromatic rings.